The topological polar surface area (TPSA) is 75.3 Å². The van der Waals surface area contributed by atoms with Crippen molar-refractivity contribution in [2.45, 2.75) is 36.6 Å². The highest BCUT2D eigenvalue weighted by Gasteiger charge is 2.20. The minimum Gasteiger partial charge on any atom is -0.349 e. The first-order valence-electron chi connectivity index (χ1n) is 8.24. The number of amides is 1. The van der Waals surface area contributed by atoms with Crippen LogP contribution < -0.4 is 10.0 Å². The monoisotopic (exact) mass is 396 g/mol. The first-order valence-corrected chi connectivity index (χ1v) is 10.1. The number of hydrogen-bond acceptors (Lipinski definition) is 3. The third-order valence-corrected chi connectivity index (χ3v) is 5.94. The standard InChI is InChI=1S/C18H18ClFN2O3S/c19-16-11-14(8-9-17(16)20)22-26(24,25)15-7-3-4-12(10-15)18(23)21-13-5-1-2-6-13/h3-4,7-11,13,22H,1-2,5-6H2,(H,21,23). The van der Waals surface area contributed by atoms with Crippen LogP contribution in [-0.4, -0.2) is 20.4 Å². The molecule has 1 aliphatic carbocycles. The van der Waals surface area contributed by atoms with E-state index in [4.69, 9.17) is 11.6 Å². The first-order chi connectivity index (χ1) is 12.3. The van der Waals surface area contributed by atoms with Crippen LogP contribution in [0.3, 0.4) is 0 Å². The summed E-state index contributed by atoms with van der Waals surface area (Å²) in [5, 5.41) is 2.74. The van der Waals surface area contributed by atoms with Gasteiger partial charge in [-0.1, -0.05) is 30.5 Å². The van der Waals surface area contributed by atoms with Crippen molar-refractivity contribution in [3.05, 3.63) is 58.9 Å². The molecule has 5 nitrogen and oxygen atoms in total. The van der Waals surface area contributed by atoms with Gasteiger partial charge in [0.15, 0.2) is 0 Å². The first kappa shape index (κ1) is 18.7. The molecule has 0 radical (unpaired) electrons. The van der Waals surface area contributed by atoms with Gasteiger partial charge in [-0.3, -0.25) is 9.52 Å². The summed E-state index contributed by atoms with van der Waals surface area (Å²) in [6.45, 7) is 0. The van der Waals surface area contributed by atoms with E-state index < -0.39 is 15.8 Å². The number of hydrogen-bond donors (Lipinski definition) is 2. The Bertz CT molecular complexity index is 928. The van der Waals surface area contributed by atoms with Crippen LogP contribution in [0.5, 0.6) is 0 Å². The molecule has 0 saturated heterocycles. The van der Waals surface area contributed by atoms with E-state index in [-0.39, 0.29) is 33.1 Å². The second-order valence-electron chi connectivity index (χ2n) is 6.22. The van der Waals surface area contributed by atoms with Crippen molar-refractivity contribution in [2.75, 3.05) is 4.72 Å². The van der Waals surface area contributed by atoms with Crippen LogP contribution in [0.2, 0.25) is 5.02 Å². The van der Waals surface area contributed by atoms with E-state index in [0.717, 1.165) is 31.7 Å². The molecule has 0 unspecified atom stereocenters. The molecule has 0 aliphatic heterocycles. The third kappa shape index (κ3) is 4.34. The fraction of sp³-hybridized carbons (Fsp3) is 0.278. The zero-order chi connectivity index (χ0) is 18.7. The van der Waals surface area contributed by atoms with Crippen LogP contribution in [-0.2, 0) is 10.0 Å². The smallest absolute Gasteiger partial charge is 0.261 e. The van der Waals surface area contributed by atoms with Gasteiger partial charge in [-0.25, -0.2) is 12.8 Å². The van der Waals surface area contributed by atoms with Gasteiger partial charge < -0.3 is 5.32 Å². The van der Waals surface area contributed by atoms with Crippen molar-refractivity contribution in [1.29, 1.82) is 0 Å². The van der Waals surface area contributed by atoms with Crippen molar-refractivity contribution in [3.8, 4) is 0 Å². The maximum Gasteiger partial charge on any atom is 0.261 e. The maximum atomic E-state index is 13.2. The van der Waals surface area contributed by atoms with E-state index >= 15 is 0 Å². The third-order valence-electron chi connectivity index (χ3n) is 4.27. The molecule has 2 aromatic rings. The maximum absolute atomic E-state index is 13.2. The van der Waals surface area contributed by atoms with Crippen LogP contribution >= 0.6 is 11.6 Å². The SMILES string of the molecule is O=C(NC1CCCC1)c1cccc(S(=O)(=O)Nc2ccc(F)c(Cl)c2)c1. The van der Waals surface area contributed by atoms with E-state index in [1.54, 1.807) is 6.07 Å². The van der Waals surface area contributed by atoms with E-state index in [2.05, 4.69) is 10.0 Å². The largest absolute Gasteiger partial charge is 0.349 e. The predicted molar refractivity (Wildman–Crippen MR) is 98.4 cm³/mol. The fourth-order valence-electron chi connectivity index (χ4n) is 2.92. The molecule has 0 heterocycles. The molecule has 0 bridgehead atoms. The van der Waals surface area contributed by atoms with Crippen LogP contribution in [0.25, 0.3) is 0 Å². The number of carbonyl (C=O) groups excluding carboxylic acids is 1. The molecular weight excluding hydrogens is 379 g/mol. The molecule has 1 fully saturated rings. The van der Waals surface area contributed by atoms with Crippen LogP contribution in [0.4, 0.5) is 10.1 Å². The molecule has 1 saturated carbocycles. The summed E-state index contributed by atoms with van der Waals surface area (Å²) in [6, 6.07) is 9.46. The summed E-state index contributed by atoms with van der Waals surface area (Å²) in [4.78, 5) is 12.3. The van der Waals surface area contributed by atoms with E-state index in [1.165, 1.54) is 30.3 Å². The molecular formula is C18H18ClFN2O3S. The summed E-state index contributed by atoms with van der Waals surface area (Å²) >= 11 is 5.67. The fourth-order valence-corrected chi connectivity index (χ4v) is 4.19. The molecule has 0 atom stereocenters. The molecule has 1 amide bonds. The lowest BCUT2D eigenvalue weighted by Crippen LogP contribution is -2.32. The average molecular weight is 397 g/mol. The highest BCUT2D eigenvalue weighted by atomic mass is 35.5. The van der Waals surface area contributed by atoms with Crippen LogP contribution in [0.1, 0.15) is 36.0 Å². The number of carbonyl (C=O) groups is 1. The Morgan fingerprint density at radius 1 is 1.12 bits per heavy atom. The van der Waals surface area contributed by atoms with E-state index in [0.29, 0.717) is 0 Å². The lowest BCUT2D eigenvalue weighted by Gasteiger charge is -2.13. The number of nitrogens with one attached hydrogen (secondary N) is 2. The molecule has 2 N–H and O–H groups in total. The Hall–Kier alpha value is -2.12. The van der Waals surface area contributed by atoms with Gasteiger partial charge in [0.1, 0.15) is 5.82 Å². The summed E-state index contributed by atoms with van der Waals surface area (Å²) in [6.07, 6.45) is 4.06. The molecule has 2 aromatic carbocycles. The summed E-state index contributed by atoms with van der Waals surface area (Å²) in [7, 11) is -3.94. The van der Waals surface area contributed by atoms with Gasteiger partial charge in [-0.05, 0) is 49.2 Å². The lowest BCUT2D eigenvalue weighted by molar-refractivity contribution is 0.0937. The Kier molecular flexibility index (Phi) is 5.48. The molecule has 26 heavy (non-hydrogen) atoms. The molecule has 1 aliphatic rings. The van der Waals surface area contributed by atoms with Crippen LogP contribution in [0.15, 0.2) is 47.4 Å². The quantitative estimate of drug-likeness (QED) is 0.803. The van der Waals surface area contributed by atoms with Crippen molar-refractivity contribution in [3.63, 3.8) is 0 Å². The van der Waals surface area contributed by atoms with Crippen molar-refractivity contribution >= 4 is 33.2 Å². The Balaban J connectivity index is 1.79. The van der Waals surface area contributed by atoms with Gasteiger partial charge in [-0.2, -0.15) is 0 Å². The number of benzene rings is 2. The van der Waals surface area contributed by atoms with E-state index in [1.807, 2.05) is 0 Å². The molecule has 0 spiro atoms. The number of rotatable bonds is 5. The second kappa shape index (κ2) is 7.63. The lowest BCUT2D eigenvalue weighted by atomic mass is 10.2. The van der Waals surface area contributed by atoms with Gasteiger partial charge in [0.25, 0.3) is 15.9 Å². The van der Waals surface area contributed by atoms with Gasteiger partial charge in [0, 0.05) is 11.6 Å². The molecule has 3 rings (SSSR count). The predicted octanol–water partition coefficient (Wildman–Crippen LogP) is 3.95. The minimum absolute atomic E-state index is 0.0583. The normalized spacial score (nSPS) is 15.0. The van der Waals surface area contributed by atoms with Crippen molar-refractivity contribution in [1.82, 2.24) is 5.32 Å². The zero-order valence-electron chi connectivity index (χ0n) is 13.8. The minimum atomic E-state index is -3.94. The Labute approximate surface area is 156 Å². The van der Waals surface area contributed by atoms with Crippen molar-refractivity contribution in [2.24, 2.45) is 0 Å². The van der Waals surface area contributed by atoms with Gasteiger partial charge >= 0.3 is 0 Å². The molecule has 0 aromatic heterocycles. The summed E-state index contributed by atoms with van der Waals surface area (Å²) < 4.78 is 40.6. The summed E-state index contributed by atoms with van der Waals surface area (Å²) in [5.41, 5.74) is 0.411. The molecule has 8 heteroatoms. The van der Waals surface area contributed by atoms with Gasteiger partial charge in [0.05, 0.1) is 15.6 Å². The molecule has 138 valence electrons. The highest BCUT2D eigenvalue weighted by molar-refractivity contribution is 7.92. The van der Waals surface area contributed by atoms with Crippen molar-refractivity contribution < 1.29 is 17.6 Å². The number of sulfonamides is 1. The summed E-state index contributed by atoms with van der Waals surface area (Å²) in [5.74, 6) is -0.932. The van der Waals surface area contributed by atoms with Gasteiger partial charge in [-0.15, -0.1) is 0 Å². The van der Waals surface area contributed by atoms with E-state index in [9.17, 15) is 17.6 Å². The highest BCUT2D eigenvalue weighted by Crippen LogP contribution is 2.23. The zero-order valence-corrected chi connectivity index (χ0v) is 15.4. The van der Waals surface area contributed by atoms with Gasteiger partial charge in [0.2, 0.25) is 0 Å². The second-order valence-corrected chi connectivity index (χ2v) is 8.31. The Morgan fingerprint density at radius 3 is 2.54 bits per heavy atom. The van der Waals surface area contributed by atoms with Crippen LogP contribution in [0, 0.1) is 5.82 Å². The average Bonchev–Trinajstić information content (AvgIpc) is 3.11. The number of anilines is 1. The number of halogens is 2. The Morgan fingerprint density at radius 2 is 1.85 bits per heavy atom.